The lowest BCUT2D eigenvalue weighted by atomic mass is 9.94. The standard InChI is InChI=1S/C24H26N6O/c1-13-5-6-16-17(9-13)14(2)31-21-10-15(12-27-24(21)26)22-20(11-25)30(4)28-23(22)19-8-7-18(16)29(19)3/h5-6,9-10,12,14,18-19H,7-8H2,1-4H3,(H2,26,27)/t14-,18?,19?/m1/s1. The van der Waals surface area contributed by atoms with Crippen LogP contribution in [0.5, 0.6) is 5.75 Å². The van der Waals surface area contributed by atoms with E-state index in [-0.39, 0.29) is 18.2 Å². The second-order valence-electron chi connectivity index (χ2n) is 8.62. The van der Waals surface area contributed by atoms with Crippen LogP contribution < -0.4 is 10.5 Å². The monoisotopic (exact) mass is 414 g/mol. The Morgan fingerprint density at radius 3 is 2.71 bits per heavy atom. The molecule has 0 spiro atoms. The van der Waals surface area contributed by atoms with Gasteiger partial charge in [0.1, 0.15) is 17.9 Å². The van der Waals surface area contributed by atoms with Crippen LogP contribution in [0, 0.1) is 18.3 Å². The van der Waals surface area contributed by atoms with Crippen molar-refractivity contribution in [2.24, 2.45) is 7.05 Å². The molecular weight excluding hydrogens is 388 g/mol. The Morgan fingerprint density at radius 2 is 1.94 bits per heavy atom. The van der Waals surface area contributed by atoms with E-state index in [1.54, 1.807) is 10.9 Å². The van der Waals surface area contributed by atoms with Crippen LogP contribution >= 0.6 is 0 Å². The lowest BCUT2D eigenvalue weighted by molar-refractivity contribution is 0.213. The number of benzene rings is 1. The molecule has 1 aromatic carbocycles. The Morgan fingerprint density at radius 1 is 1.16 bits per heavy atom. The van der Waals surface area contributed by atoms with Gasteiger partial charge in [-0.2, -0.15) is 10.4 Å². The number of fused-ring (bicyclic) bond motifs is 9. The number of hydrogen-bond acceptors (Lipinski definition) is 6. The van der Waals surface area contributed by atoms with Gasteiger partial charge in [-0.05, 0) is 50.9 Å². The van der Waals surface area contributed by atoms with Crippen molar-refractivity contribution in [2.45, 2.75) is 44.9 Å². The molecule has 2 aliphatic heterocycles. The summed E-state index contributed by atoms with van der Waals surface area (Å²) in [4.78, 5) is 6.78. The zero-order valence-electron chi connectivity index (χ0n) is 18.3. The molecule has 3 aromatic rings. The third-order valence-electron chi connectivity index (χ3n) is 6.71. The Hall–Kier alpha value is -3.37. The highest BCUT2D eigenvalue weighted by Gasteiger charge is 2.38. The molecule has 31 heavy (non-hydrogen) atoms. The fourth-order valence-corrected chi connectivity index (χ4v) is 5.13. The maximum absolute atomic E-state index is 9.87. The molecule has 0 aliphatic carbocycles. The molecule has 3 atom stereocenters. The predicted molar refractivity (Wildman–Crippen MR) is 118 cm³/mol. The number of nitriles is 1. The van der Waals surface area contributed by atoms with Crippen molar-refractivity contribution in [1.29, 1.82) is 5.26 Å². The lowest BCUT2D eigenvalue weighted by Crippen LogP contribution is -2.24. The van der Waals surface area contributed by atoms with Crippen LogP contribution in [0.25, 0.3) is 11.1 Å². The maximum atomic E-state index is 9.87. The zero-order valence-corrected chi connectivity index (χ0v) is 18.3. The van der Waals surface area contributed by atoms with Crippen molar-refractivity contribution >= 4 is 5.82 Å². The summed E-state index contributed by atoms with van der Waals surface area (Å²) in [6.45, 7) is 4.16. The summed E-state index contributed by atoms with van der Waals surface area (Å²) in [5.41, 5.74) is 12.9. The highest BCUT2D eigenvalue weighted by atomic mass is 16.5. The topological polar surface area (TPSA) is 93.0 Å². The molecule has 2 aromatic heterocycles. The van der Waals surface area contributed by atoms with E-state index in [0.29, 0.717) is 17.3 Å². The molecule has 158 valence electrons. The van der Waals surface area contributed by atoms with Crippen LogP contribution in [0.3, 0.4) is 0 Å². The first-order valence-electron chi connectivity index (χ1n) is 10.6. The van der Waals surface area contributed by atoms with E-state index in [9.17, 15) is 5.26 Å². The summed E-state index contributed by atoms with van der Waals surface area (Å²) < 4.78 is 8.03. The summed E-state index contributed by atoms with van der Waals surface area (Å²) in [7, 11) is 3.97. The third-order valence-corrected chi connectivity index (χ3v) is 6.71. The summed E-state index contributed by atoms with van der Waals surface area (Å²) in [5.74, 6) is 0.864. The summed E-state index contributed by atoms with van der Waals surface area (Å²) in [6, 6.07) is 11.2. The summed E-state index contributed by atoms with van der Waals surface area (Å²) in [6.07, 6.45) is 3.50. The zero-order chi connectivity index (χ0) is 21.9. The number of nitrogen functional groups attached to an aromatic ring is 1. The largest absolute Gasteiger partial charge is 0.482 e. The van der Waals surface area contributed by atoms with E-state index in [2.05, 4.69) is 55.0 Å². The van der Waals surface area contributed by atoms with Gasteiger partial charge in [0.15, 0.2) is 11.6 Å². The molecule has 2 aliphatic rings. The third kappa shape index (κ3) is 2.98. The molecule has 0 saturated carbocycles. The van der Waals surface area contributed by atoms with Gasteiger partial charge in [-0.25, -0.2) is 4.98 Å². The van der Waals surface area contributed by atoms with Gasteiger partial charge < -0.3 is 10.5 Å². The Labute approximate surface area is 182 Å². The second kappa shape index (κ2) is 7.10. The minimum Gasteiger partial charge on any atom is -0.482 e. The average Bonchev–Trinajstić information content (AvgIpc) is 3.28. The molecule has 4 heterocycles. The van der Waals surface area contributed by atoms with Crippen LogP contribution in [0.15, 0.2) is 30.5 Å². The fraction of sp³-hybridized carbons (Fsp3) is 0.375. The van der Waals surface area contributed by atoms with E-state index in [1.807, 2.05) is 13.1 Å². The molecule has 4 bridgehead atoms. The number of ether oxygens (including phenoxy) is 1. The number of rotatable bonds is 0. The number of pyridine rings is 1. The number of aromatic nitrogens is 3. The van der Waals surface area contributed by atoms with Crippen LogP contribution in [0.2, 0.25) is 0 Å². The van der Waals surface area contributed by atoms with Crippen LogP contribution in [-0.4, -0.2) is 26.7 Å². The van der Waals surface area contributed by atoms with Crippen molar-refractivity contribution in [3.63, 3.8) is 0 Å². The molecule has 7 nitrogen and oxygen atoms in total. The van der Waals surface area contributed by atoms with E-state index in [1.165, 1.54) is 16.7 Å². The predicted octanol–water partition coefficient (Wildman–Crippen LogP) is 4.21. The van der Waals surface area contributed by atoms with Crippen molar-refractivity contribution in [2.75, 3.05) is 12.8 Å². The first-order valence-corrected chi connectivity index (χ1v) is 10.6. The average molecular weight is 415 g/mol. The Kier molecular flexibility index (Phi) is 4.49. The number of nitrogens with zero attached hydrogens (tertiary/aromatic N) is 5. The van der Waals surface area contributed by atoms with Gasteiger partial charge in [-0.1, -0.05) is 23.8 Å². The van der Waals surface area contributed by atoms with Gasteiger partial charge in [0.25, 0.3) is 0 Å². The van der Waals surface area contributed by atoms with Crippen molar-refractivity contribution in [3.05, 3.63) is 58.5 Å². The molecule has 1 fully saturated rings. The van der Waals surface area contributed by atoms with Crippen LogP contribution in [-0.2, 0) is 7.05 Å². The number of hydrogen-bond donors (Lipinski definition) is 1. The van der Waals surface area contributed by atoms with Crippen LogP contribution in [0.4, 0.5) is 5.82 Å². The Balaban J connectivity index is 1.80. The Bertz CT molecular complexity index is 1220. The highest BCUT2D eigenvalue weighted by molar-refractivity contribution is 5.74. The van der Waals surface area contributed by atoms with Gasteiger partial charge in [0.2, 0.25) is 0 Å². The van der Waals surface area contributed by atoms with E-state index in [0.717, 1.165) is 29.7 Å². The first-order chi connectivity index (χ1) is 14.9. The smallest absolute Gasteiger partial charge is 0.166 e. The number of aryl methyl sites for hydroxylation is 2. The fourth-order valence-electron chi connectivity index (χ4n) is 5.13. The molecule has 0 amide bonds. The maximum Gasteiger partial charge on any atom is 0.166 e. The van der Waals surface area contributed by atoms with Gasteiger partial charge in [-0.15, -0.1) is 0 Å². The highest BCUT2D eigenvalue weighted by Crippen LogP contribution is 2.48. The molecular formula is C24H26N6O. The normalized spacial score (nSPS) is 22.5. The van der Waals surface area contributed by atoms with E-state index in [4.69, 9.17) is 15.6 Å². The molecule has 2 unspecified atom stereocenters. The quantitative estimate of drug-likeness (QED) is 0.592. The van der Waals surface area contributed by atoms with Crippen LogP contribution in [0.1, 0.15) is 66.0 Å². The molecule has 7 heteroatoms. The van der Waals surface area contributed by atoms with Gasteiger partial charge in [0.05, 0.1) is 11.7 Å². The van der Waals surface area contributed by atoms with Gasteiger partial charge in [-0.3, -0.25) is 9.58 Å². The molecule has 0 radical (unpaired) electrons. The van der Waals surface area contributed by atoms with Gasteiger partial charge in [0, 0.05) is 30.4 Å². The van der Waals surface area contributed by atoms with Crippen molar-refractivity contribution in [3.8, 4) is 22.9 Å². The van der Waals surface area contributed by atoms with E-state index >= 15 is 0 Å². The van der Waals surface area contributed by atoms with Crippen molar-refractivity contribution < 1.29 is 4.74 Å². The van der Waals surface area contributed by atoms with E-state index < -0.39 is 0 Å². The summed E-state index contributed by atoms with van der Waals surface area (Å²) >= 11 is 0. The first kappa shape index (κ1) is 19.6. The van der Waals surface area contributed by atoms with Gasteiger partial charge >= 0.3 is 0 Å². The minimum atomic E-state index is -0.190. The molecule has 1 saturated heterocycles. The molecule has 5 rings (SSSR count). The second-order valence-corrected chi connectivity index (χ2v) is 8.62. The molecule has 2 N–H and O–H groups in total. The number of anilines is 1. The number of nitrogens with two attached hydrogens (primary N) is 1. The minimum absolute atomic E-state index is 0.110. The SMILES string of the molecule is Cc1ccc2c(c1)[C@@H](C)Oc1cc(cnc1N)-c1c(nn(C)c1C#N)C1CCC2N1C. The lowest BCUT2D eigenvalue weighted by Gasteiger charge is -2.30. The van der Waals surface area contributed by atoms with Crippen molar-refractivity contribution in [1.82, 2.24) is 19.7 Å². The summed E-state index contributed by atoms with van der Waals surface area (Å²) in [5, 5.41) is 14.7.